The molecule has 1 aromatic rings. The zero-order valence-electron chi connectivity index (χ0n) is 11.2. The van der Waals surface area contributed by atoms with Crippen LogP contribution in [0.5, 0.6) is 0 Å². The van der Waals surface area contributed by atoms with Gasteiger partial charge in [-0.15, -0.1) is 0 Å². The molecule has 0 saturated heterocycles. The molecule has 17 heavy (non-hydrogen) atoms. The van der Waals surface area contributed by atoms with Gasteiger partial charge in [-0.1, -0.05) is 25.1 Å². The lowest BCUT2D eigenvalue weighted by atomic mass is 9.95. The normalized spacial score (nSPS) is 12.5. The van der Waals surface area contributed by atoms with Crippen molar-refractivity contribution in [3.63, 3.8) is 0 Å². The molecule has 0 amide bonds. The fourth-order valence-corrected chi connectivity index (χ4v) is 1.96. The summed E-state index contributed by atoms with van der Waals surface area (Å²) in [6.45, 7) is 8.62. The smallest absolute Gasteiger partial charge is 0.166 e. The molecule has 1 aromatic carbocycles. The highest BCUT2D eigenvalue weighted by molar-refractivity contribution is 5.84. The molecule has 2 heteroatoms. The quantitative estimate of drug-likeness (QED) is 0.749. The third kappa shape index (κ3) is 3.40. The molecule has 0 fully saturated rings. The number of carbonyl (C=O) groups is 1. The van der Waals surface area contributed by atoms with Crippen LogP contribution in [0.15, 0.2) is 18.2 Å². The Morgan fingerprint density at radius 2 is 2.00 bits per heavy atom. The minimum atomic E-state index is -0.389. The molecule has 0 radical (unpaired) electrons. The highest BCUT2D eigenvalue weighted by Gasteiger charge is 2.21. The van der Waals surface area contributed by atoms with E-state index in [1.807, 2.05) is 26.0 Å². The summed E-state index contributed by atoms with van der Waals surface area (Å²) < 4.78 is 5.63. The molecular formula is C15H22O2. The fraction of sp³-hybridized carbons (Fsp3) is 0.533. The van der Waals surface area contributed by atoms with Gasteiger partial charge in [-0.2, -0.15) is 0 Å². The maximum atomic E-state index is 12.1. The van der Waals surface area contributed by atoms with Gasteiger partial charge in [-0.05, 0) is 43.9 Å². The van der Waals surface area contributed by atoms with E-state index < -0.39 is 0 Å². The van der Waals surface area contributed by atoms with Gasteiger partial charge in [0.05, 0.1) is 0 Å². The van der Waals surface area contributed by atoms with E-state index in [0.29, 0.717) is 13.0 Å². The van der Waals surface area contributed by atoms with E-state index in [4.69, 9.17) is 4.74 Å². The monoisotopic (exact) mass is 234 g/mol. The van der Waals surface area contributed by atoms with Crippen molar-refractivity contribution >= 4 is 5.78 Å². The van der Waals surface area contributed by atoms with Gasteiger partial charge >= 0.3 is 0 Å². The predicted octanol–water partition coefficient (Wildman–Crippen LogP) is 3.75. The summed E-state index contributed by atoms with van der Waals surface area (Å²) in [5.74, 6) is 0.183. The molecule has 2 nitrogen and oxygen atoms in total. The van der Waals surface area contributed by atoms with Crippen LogP contribution >= 0.6 is 0 Å². The number of ketones is 1. The summed E-state index contributed by atoms with van der Waals surface area (Å²) >= 11 is 0. The molecule has 0 saturated carbocycles. The van der Waals surface area contributed by atoms with Crippen LogP contribution in [0.1, 0.15) is 49.5 Å². The van der Waals surface area contributed by atoms with E-state index in [0.717, 1.165) is 17.5 Å². The zero-order valence-corrected chi connectivity index (χ0v) is 11.2. The molecule has 0 aliphatic rings. The molecule has 1 atom stereocenters. The number of ether oxygens (including phenoxy) is 1. The second-order valence-electron chi connectivity index (χ2n) is 4.34. The minimum absolute atomic E-state index is 0.183. The highest BCUT2D eigenvalue weighted by Crippen LogP contribution is 2.25. The molecule has 0 aliphatic heterocycles. The number of benzene rings is 1. The Labute approximate surface area is 104 Å². The summed E-state index contributed by atoms with van der Waals surface area (Å²) in [4.78, 5) is 12.1. The number of hydrogen-bond acceptors (Lipinski definition) is 2. The summed E-state index contributed by atoms with van der Waals surface area (Å²) in [5, 5.41) is 0. The largest absolute Gasteiger partial charge is 0.366 e. The van der Waals surface area contributed by atoms with Gasteiger partial charge in [-0.25, -0.2) is 0 Å². The van der Waals surface area contributed by atoms with Crippen LogP contribution in [0.25, 0.3) is 0 Å². The molecule has 1 unspecified atom stereocenters. The van der Waals surface area contributed by atoms with Gasteiger partial charge in [0.1, 0.15) is 6.10 Å². The molecule has 0 N–H and O–H groups in total. The summed E-state index contributed by atoms with van der Waals surface area (Å²) in [6.07, 6.45) is 1.06. The maximum absolute atomic E-state index is 12.1. The SMILES string of the molecule is CCCC(=O)C(OCC)c1cccc(C)c1C. The first kappa shape index (κ1) is 13.9. The molecular weight excluding hydrogens is 212 g/mol. The van der Waals surface area contributed by atoms with Crippen molar-refractivity contribution in [3.8, 4) is 0 Å². The number of Topliss-reactive ketones (excluding diaryl/α,β-unsaturated/α-hetero) is 1. The van der Waals surface area contributed by atoms with Crippen LogP contribution in [0.4, 0.5) is 0 Å². The summed E-state index contributed by atoms with van der Waals surface area (Å²) in [7, 11) is 0. The molecule has 94 valence electrons. The topological polar surface area (TPSA) is 26.3 Å². The minimum Gasteiger partial charge on any atom is -0.366 e. The van der Waals surface area contributed by atoms with E-state index in [-0.39, 0.29) is 11.9 Å². The van der Waals surface area contributed by atoms with Crippen LogP contribution in [0.3, 0.4) is 0 Å². The lowest BCUT2D eigenvalue weighted by molar-refractivity contribution is -0.130. The van der Waals surface area contributed by atoms with Crippen molar-refractivity contribution < 1.29 is 9.53 Å². The van der Waals surface area contributed by atoms with E-state index >= 15 is 0 Å². The summed E-state index contributed by atoms with van der Waals surface area (Å²) in [5.41, 5.74) is 3.39. The average Bonchev–Trinajstić information content (AvgIpc) is 2.30. The molecule has 0 aliphatic carbocycles. The second-order valence-corrected chi connectivity index (χ2v) is 4.34. The first-order valence-corrected chi connectivity index (χ1v) is 6.32. The molecule has 0 bridgehead atoms. The van der Waals surface area contributed by atoms with Crippen LogP contribution in [-0.2, 0) is 9.53 Å². The maximum Gasteiger partial charge on any atom is 0.166 e. The molecule has 0 heterocycles. The third-order valence-electron chi connectivity index (χ3n) is 3.05. The van der Waals surface area contributed by atoms with Gasteiger partial charge < -0.3 is 4.74 Å². The Bertz CT molecular complexity index is 383. The van der Waals surface area contributed by atoms with Gasteiger partial charge in [0, 0.05) is 13.0 Å². The van der Waals surface area contributed by atoms with Crippen molar-refractivity contribution in [1.82, 2.24) is 0 Å². The molecule has 0 spiro atoms. The first-order chi connectivity index (χ1) is 8.11. The fourth-order valence-electron chi connectivity index (χ4n) is 1.96. The molecule has 0 aromatic heterocycles. The van der Waals surface area contributed by atoms with E-state index in [1.54, 1.807) is 0 Å². The van der Waals surface area contributed by atoms with E-state index in [9.17, 15) is 4.79 Å². The third-order valence-corrected chi connectivity index (χ3v) is 3.05. The Balaban J connectivity index is 3.05. The number of carbonyl (C=O) groups excluding carboxylic acids is 1. The Morgan fingerprint density at radius 3 is 2.59 bits per heavy atom. The summed E-state index contributed by atoms with van der Waals surface area (Å²) in [6, 6.07) is 6.05. The average molecular weight is 234 g/mol. The Hall–Kier alpha value is -1.15. The van der Waals surface area contributed by atoms with Gasteiger partial charge in [0.25, 0.3) is 0 Å². The number of rotatable bonds is 6. The first-order valence-electron chi connectivity index (χ1n) is 6.32. The van der Waals surface area contributed by atoms with Crippen molar-refractivity contribution in [3.05, 3.63) is 34.9 Å². The van der Waals surface area contributed by atoms with Crippen LogP contribution in [-0.4, -0.2) is 12.4 Å². The Kier molecular flexibility index (Phi) is 5.36. The number of hydrogen-bond donors (Lipinski definition) is 0. The lowest BCUT2D eigenvalue weighted by Gasteiger charge is -2.19. The van der Waals surface area contributed by atoms with Gasteiger partial charge in [0.15, 0.2) is 5.78 Å². The standard InChI is InChI=1S/C15H22O2/c1-5-8-14(16)15(17-6-2)13-10-7-9-11(3)12(13)4/h7,9-10,15H,5-6,8H2,1-4H3. The second kappa shape index (κ2) is 6.55. The van der Waals surface area contributed by atoms with E-state index in [1.165, 1.54) is 5.56 Å². The van der Waals surface area contributed by atoms with Gasteiger partial charge in [-0.3, -0.25) is 4.79 Å². The van der Waals surface area contributed by atoms with Crippen LogP contribution < -0.4 is 0 Å². The van der Waals surface area contributed by atoms with Crippen molar-refractivity contribution in [1.29, 1.82) is 0 Å². The lowest BCUT2D eigenvalue weighted by Crippen LogP contribution is -2.17. The van der Waals surface area contributed by atoms with Crippen LogP contribution in [0, 0.1) is 13.8 Å². The zero-order chi connectivity index (χ0) is 12.8. The van der Waals surface area contributed by atoms with Crippen molar-refractivity contribution in [2.75, 3.05) is 6.61 Å². The molecule has 1 rings (SSSR count). The highest BCUT2D eigenvalue weighted by atomic mass is 16.5. The van der Waals surface area contributed by atoms with E-state index in [2.05, 4.69) is 19.9 Å². The predicted molar refractivity (Wildman–Crippen MR) is 70.2 cm³/mol. The van der Waals surface area contributed by atoms with Crippen molar-refractivity contribution in [2.45, 2.75) is 46.6 Å². The van der Waals surface area contributed by atoms with Crippen molar-refractivity contribution in [2.24, 2.45) is 0 Å². The Morgan fingerprint density at radius 1 is 1.29 bits per heavy atom. The van der Waals surface area contributed by atoms with Gasteiger partial charge in [0.2, 0.25) is 0 Å². The number of aryl methyl sites for hydroxylation is 1. The van der Waals surface area contributed by atoms with Crippen LogP contribution in [0.2, 0.25) is 0 Å².